The number of rotatable bonds is 5. The van der Waals surface area contributed by atoms with Crippen molar-refractivity contribution in [1.82, 2.24) is 0 Å². The van der Waals surface area contributed by atoms with Crippen molar-refractivity contribution in [2.45, 2.75) is 25.9 Å². The Kier molecular flexibility index (Phi) is 4.87. The Balaban J connectivity index is 3.34. The van der Waals surface area contributed by atoms with E-state index in [4.69, 9.17) is 9.47 Å². The van der Waals surface area contributed by atoms with Gasteiger partial charge in [0, 0.05) is 12.5 Å². The zero-order valence-electron chi connectivity index (χ0n) is 11.4. The van der Waals surface area contributed by atoms with E-state index in [9.17, 15) is 9.59 Å². The van der Waals surface area contributed by atoms with Crippen LogP contribution in [0.4, 0.5) is 0 Å². The van der Waals surface area contributed by atoms with Gasteiger partial charge < -0.3 is 9.47 Å². The Hall–Kier alpha value is -2.10. The summed E-state index contributed by atoms with van der Waals surface area (Å²) in [5, 5.41) is 0. The first kappa shape index (κ1) is 15.0. The van der Waals surface area contributed by atoms with Crippen LogP contribution in [0.15, 0.2) is 42.5 Å². The first-order valence-electron chi connectivity index (χ1n) is 6.00. The molecule has 0 aliphatic heterocycles. The lowest BCUT2D eigenvalue weighted by Gasteiger charge is -2.33. The van der Waals surface area contributed by atoms with Gasteiger partial charge in [0.05, 0.1) is 12.7 Å². The van der Waals surface area contributed by atoms with Gasteiger partial charge in [0.25, 0.3) is 0 Å². The van der Waals surface area contributed by atoms with E-state index in [1.165, 1.54) is 14.0 Å². The molecule has 0 spiro atoms. The zero-order valence-corrected chi connectivity index (χ0v) is 11.4. The molecule has 0 fully saturated rings. The maximum absolute atomic E-state index is 11.8. The van der Waals surface area contributed by atoms with E-state index >= 15 is 0 Å². The molecule has 1 aromatic rings. The summed E-state index contributed by atoms with van der Waals surface area (Å²) in [5.41, 5.74) is -0.373. The molecular formula is C15H18O4. The molecule has 0 bridgehead atoms. The predicted octanol–water partition coefficient (Wildman–Crippen LogP) is 2.58. The summed E-state index contributed by atoms with van der Waals surface area (Å²) in [6, 6.07) is 9.06. The van der Waals surface area contributed by atoms with Gasteiger partial charge in [-0.25, -0.2) is 4.79 Å². The summed E-state index contributed by atoms with van der Waals surface area (Å²) < 4.78 is 10.1. The van der Waals surface area contributed by atoms with Gasteiger partial charge in [0.2, 0.25) is 0 Å². The SMILES string of the molecule is C=C(C(=O)OC)C(CC)(OC(C)=O)c1ccccc1. The minimum absolute atomic E-state index is 0.110. The van der Waals surface area contributed by atoms with Crippen molar-refractivity contribution in [2.75, 3.05) is 7.11 Å². The first-order valence-corrected chi connectivity index (χ1v) is 6.00. The molecule has 0 aliphatic carbocycles. The second-order valence-corrected chi connectivity index (χ2v) is 4.11. The summed E-state index contributed by atoms with van der Waals surface area (Å²) in [7, 11) is 1.27. The van der Waals surface area contributed by atoms with Crippen LogP contribution in [-0.2, 0) is 24.7 Å². The normalized spacial score (nSPS) is 13.2. The molecule has 1 aromatic carbocycles. The van der Waals surface area contributed by atoms with Gasteiger partial charge in [-0.05, 0) is 6.42 Å². The van der Waals surface area contributed by atoms with Crippen LogP contribution < -0.4 is 0 Å². The fourth-order valence-corrected chi connectivity index (χ4v) is 2.03. The summed E-state index contributed by atoms with van der Waals surface area (Å²) >= 11 is 0. The highest BCUT2D eigenvalue weighted by Crippen LogP contribution is 2.37. The molecule has 4 heteroatoms. The molecule has 0 saturated heterocycles. The number of methoxy groups -OCH3 is 1. The summed E-state index contributed by atoms with van der Waals surface area (Å²) in [5.74, 6) is -1.07. The van der Waals surface area contributed by atoms with Crippen molar-refractivity contribution in [3.63, 3.8) is 0 Å². The third-order valence-electron chi connectivity index (χ3n) is 2.98. The Bertz CT molecular complexity index is 478. The number of carbonyl (C=O) groups excluding carboxylic acids is 2. The summed E-state index contributed by atoms with van der Waals surface area (Å²) in [4.78, 5) is 23.2. The van der Waals surface area contributed by atoms with E-state index in [2.05, 4.69) is 6.58 Å². The van der Waals surface area contributed by atoms with Crippen molar-refractivity contribution in [3.05, 3.63) is 48.0 Å². The van der Waals surface area contributed by atoms with Crippen molar-refractivity contribution < 1.29 is 19.1 Å². The van der Waals surface area contributed by atoms with Gasteiger partial charge in [0.1, 0.15) is 0 Å². The molecule has 0 radical (unpaired) electrons. The van der Waals surface area contributed by atoms with Crippen LogP contribution in [0.25, 0.3) is 0 Å². The fourth-order valence-electron chi connectivity index (χ4n) is 2.03. The third-order valence-corrected chi connectivity index (χ3v) is 2.98. The quantitative estimate of drug-likeness (QED) is 0.604. The predicted molar refractivity (Wildman–Crippen MR) is 71.3 cm³/mol. The van der Waals surface area contributed by atoms with Crippen molar-refractivity contribution in [3.8, 4) is 0 Å². The van der Waals surface area contributed by atoms with Crippen LogP contribution in [0.1, 0.15) is 25.8 Å². The number of ether oxygens (including phenoxy) is 2. The summed E-state index contributed by atoms with van der Waals surface area (Å²) in [6.07, 6.45) is 0.393. The van der Waals surface area contributed by atoms with Crippen molar-refractivity contribution in [2.24, 2.45) is 0 Å². The van der Waals surface area contributed by atoms with E-state index in [0.717, 1.165) is 0 Å². The van der Waals surface area contributed by atoms with Gasteiger partial charge in [-0.15, -0.1) is 0 Å². The lowest BCUT2D eigenvalue weighted by Crippen LogP contribution is -2.36. The third kappa shape index (κ3) is 3.02. The maximum Gasteiger partial charge on any atom is 0.337 e. The zero-order chi connectivity index (χ0) is 14.5. The van der Waals surface area contributed by atoms with Gasteiger partial charge in [-0.2, -0.15) is 0 Å². The highest BCUT2D eigenvalue weighted by molar-refractivity contribution is 5.91. The minimum Gasteiger partial charge on any atom is -0.466 e. The fraction of sp³-hybridized carbons (Fsp3) is 0.333. The number of hydrogen-bond acceptors (Lipinski definition) is 4. The van der Waals surface area contributed by atoms with E-state index in [-0.39, 0.29) is 5.57 Å². The monoisotopic (exact) mass is 262 g/mol. The molecule has 0 amide bonds. The molecular weight excluding hydrogens is 244 g/mol. The van der Waals surface area contributed by atoms with Gasteiger partial charge in [-0.3, -0.25) is 4.79 Å². The molecule has 19 heavy (non-hydrogen) atoms. The van der Waals surface area contributed by atoms with Crippen LogP contribution in [0, 0.1) is 0 Å². The van der Waals surface area contributed by atoms with Crippen molar-refractivity contribution in [1.29, 1.82) is 0 Å². The van der Waals surface area contributed by atoms with Crippen LogP contribution in [0.2, 0.25) is 0 Å². The van der Waals surface area contributed by atoms with Crippen LogP contribution >= 0.6 is 0 Å². The second-order valence-electron chi connectivity index (χ2n) is 4.11. The standard InChI is InChI=1S/C15H18O4/c1-5-15(19-12(3)16,11(2)14(17)18-4)13-9-7-6-8-10-13/h6-10H,2,5H2,1,3-4H3. The maximum atomic E-state index is 11.8. The van der Waals surface area contributed by atoms with E-state index in [1.54, 1.807) is 12.1 Å². The van der Waals surface area contributed by atoms with E-state index in [1.807, 2.05) is 25.1 Å². The highest BCUT2D eigenvalue weighted by atomic mass is 16.6. The topological polar surface area (TPSA) is 52.6 Å². The van der Waals surface area contributed by atoms with Gasteiger partial charge in [-0.1, -0.05) is 43.8 Å². The van der Waals surface area contributed by atoms with Gasteiger partial charge in [0.15, 0.2) is 5.60 Å². The minimum atomic E-state index is -1.18. The summed E-state index contributed by atoms with van der Waals surface area (Å²) in [6.45, 7) is 6.87. The lowest BCUT2D eigenvalue weighted by atomic mass is 9.84. The molecule has 0 saturated carbocycles. The van der Waals surface area contributed by atoms with Crippen LogP contribution in [-0.4, -0.2) is 19.0 Å². The molecule has 0 aliphatic rings. The molecule has 0 heterocycles. The van der Waals surface area contributed by atoms with E-state index in [0.29, 0.717) is 12.0 Å². The van der Waals surface area contributed by atoms with E-state index < -0.39 is 17.5 Å². The largest absolute Gasteiger partial charge is 0.466 e. The Morgan fingerprint density at radius 2 is 1.84 bits per heavy atom. The Morgan fingerprint density at radius 3 is 2.26 bits per heavy atom. The number of esters is 2. The first-order chi connectivity index (χ1) is 8.97. The molecule has 1 rings (SSSR count). The second kappa shape index (κ2) is 6.18. The average molecular weight is 262 g/mol. The molecule has 4 nitrogen and oxygen atoms in total. The Labute approximate surface area is 113 Å². The molecule has 102 valence electrons. The van der Waals surface area contributed by atoms with Gasteiger partial charge >= 0.3 is 11.9 Å². The number of carbonyl (C=O) groups is 2. The molecule has 0 N–H and O–H groups in total. The molecule has 0 aromatic heterocycles. The Morgan fingerprint density at radius 1 is 1.26 bits per heavy atom. The molecule has 1 atom stereocenters. The molecule has 1 unspecified atom stereocenters. The smallest absolute Gasteiger partial charge is 0.337 e. The number of hydrogen-bond donors (Lipinski definition) is 0. The number of benzene rings is 1. The lowest BCUT2D eigenvalue weighted by molar-refractivity contribution is -0.157. The van der Waals surface area contributed by atoms with Crippen LogP contribution in [0.3, 0.4) is 0 Å². The van der Waals surface area contributed by atoms with Crippen LogP contribution in [0.5, 0.6) is 0 Å². The average Bonchev–Trinajstić information content (AvgIpc) is 2.43. The van der Waals surface area contributed by atoms with Crippen molar-refractivity contribution >= 4 is 11.9 Å². The highest BCUT2D eigenvalue weighted by Gasteiger charge is 2.40.